The highest BCUT2D eigenvalue weighted by molar-refractivity contribution is 9.47. The Kier molecular flexibility index (Phi) is 9.09. The predicted molar refractivity (Wildman–Crippen MR) is 64.5 cm³/mol. The van der Waals surface area contributed by atoms with Crippen LogP contribution in [-0.4, -0.2) is 23.1 Å². The van der Waals surface area contributed by atoms with Crippen molar-refractivity contribution >= 4 is 41.8 Å². The third-order valence-corrected chi connectivity index (χ3v) is 1.26. The van der Waals surface area contributed by atoms with Gasteiger partial charge in [-0.15, -0.1) is 6.42 Å². The molecular weight excluding hydrogens is 308 g/mol. The molecule has 0 N–H and O–H groups in total. The quantitative estimate of drug-likeness (QED) is 0.572. The molecule has 13 heavy (non-hydrogen) atoms. The summed E-state index contributed by atoms with van der Waals surface area (Å²) in [6, 6.07) is 7.38. The summed E-state index contributed by atoms with van der Waals surface area (Å²) in [7, 11) is 1.63. The van der Waals surface area contributed by atoms with Crippen LogP contribution in [0, 0.1) is 12.3 Å². The maximum atomic E-state index is 5.15. The summed E-state index contributed by atoms with van der Waals surface area (Å²) in [5.74, 6) is 3.36. The van der Waals surface area contributed by atoms with Crippen molar-refractivity contribution in [2.75, 3.05) is 7.11 Å². The molecule has 0 radical (unpaired) electrons. The average Bonchev–Trinajstić information content (AvgIpc) is 2.19. The Labute approximate surface area is 101 Å². The second-order valence-electron chi connectivity index (χ2n) is 1.97. The number of benzene rings is 1. The highest BCUT2D eigenvalue weighted by atomic mass is 79.9. The van der Waals surface area contributed by atoms with Crippen LogP contribution in [0.3, 0.4) is 0 Å². The Hall–Kier alpha value is 0.306. The van der Waals surface area contributed by atoms with Crippen molar-refractivity contribution in [3.05, 3.63) is 29.8 Å². The van der Waals surface area contributed by atoms with Crippen LogP contribution in [0.15, 0.2) is 24.3 Å². The van der Waals surface area contributed by atoms with Gasteiger partial charge in [-0.25, -0.2) is 0 Å². The van der Waals surface area contributed by atoms with E-state index in [4.69, 9.17) is 11.2 Å². The zero-order valence-electron chi connectivity index (χ0n) is 7.26. The third kappa shape index (κ3) is 6.39. The lowest BCUT2D eigenvalue weighted by Gasteiger charge is -1.96. The smallest absolute Gasteiger partial charge is 0.497 e. The standard InChI is InChI=1S/C9H8O.2BrH.Mg/c1-3-8-4-6-9(10-2)7-5-8;;;/h1,4-7H,2H3;2*1H;/q;;;+2/p-2. The van der Waals surface area contributed by atoms with E-state index >= 15 is 0 Å². The minimum atomic E-state index is 0.0417. The molecule has 0 aliphatic carbocycles. The average molecular weight is 316 g/mol. The van der Waals surface area contributed by atoms with E-state index < -0.39 is 0 Å². The first-order valence-corrected chi connectivity index (χ1v) is 11.3. The Balaban J connectivity index is 0.000000424. The van der Waals surface area contributed by atoms with E-state index in [1.807, 2.05) is 24.3 Å². The van der Waals surface area contributed by atoms with Crippen LogP contribution in [0.5, 0.6) is 5.75 Å². The van der Waals surface area contributed by atoms with Crippen molar-refractivity contribution in [1.82, 2.24) is 0 Å². The Bertz CT molecular complexity index is 266. The second kappa shape index (κ2) is 8.88. The van der Waals surface area contributed by atoms with Crippen LogP contribution in [0.4, 0.5) is 0 Å². The number of ether oxygens (including phenoxy) is 1. The Morgan fingerprint density at radius 2 is 1.77 bits per heavy atom. The minimum absolute atomic E-state index is 0.0417. The highest BCUT2D eigenvalue weighted by Crippen LogP contribution is 2.09. The molecule has 1 rings (SSSR count). The van der Waals surface area contributed by atoms with Gasteiger partial charge in [-0.2, -0.15) is 0 Å². The highest BCUT2D eigenvalue weighted by Gasteiger charge is 1.87. The van der Waals surface area contributed by atoms with Gasteiger partial charge in [0.25, 0.3) is 0 Å². The fourth-order valence-corrected chi connectivity index (χ4v) is 0.687. The third-order valence-electron chi connectivity index (χ3n) is 1.26. The first kappa shape index (κ1) is 13.3. The van der Waals surface area contributed by atoms with Crippen LogP contribution >= 0.6 is 25.8 Å². The normalized spacial score (nSPS) is 7.23. The molecular formula is C9H8Br2MgO. The van der Waals surface area contributed by atoms with Crippen molar-refractivity contribution in [3.8, 4) is 18.1 Å². The fourth-order valence-electron chi connectivity index (χ4n) is 0.687. The van der Waals surface area contributed by atoms with Gasteiger partial charge >= 0.3 is 16.0 Å². The first-order chi connectivity index (χ1) is 6.28. The van der Waals surface area contributed by atoms with Crippen molar-refractivity contribution < 1.29 is 4.74 Å². The molecule has 0 aliphatic heterocycles. The molecule has 0 aromatic heterocycles. The summed E-state index contributed by atoms with van der Waals surface area (Å²) in [6.07, 6.45) is 5.15. The van der Waals surface area contributed by atoms with E-state index in [2.05, 4.69) is 31.7 Å². The second-order valence-corrected chi connectivity index (χ2v) is 10.1. The zero-order chi connectivity index (χ0) is 10.1. The summed E-state index contributed by atoms with van der Waals surface area (Å²) in [4.78, 5) is 0. The summed E-state index contributed by atoms with van der Waals surface area (Å²) in [5.41, 5.74) is 0.876. The number of terminal acetylenes is 1. The molecule has 0 heterocycles. The van der Waals surface area contributed by atoms with Crippen molar-refractivity contribution in [3.63, 3.8) is 0 Å². The first-order valence-electron chi connectivity index (χ1n) is 3.51. The molecule has 1 aromatic rings. The number of methoxy groups -OCH3 is 1. The summed E-state index contributed by atoms with van der Waals surface area (Å²) < 4.78 is 4.95. The van der Waals surface area contributed by atoms with Crippen LogP contribution < -0.4 is 4.74 Å². The summed E-state index contributed by atoms with van der Waals surface area (Å²) >= 11 is 6.44. The van der Waals surface area contributed by atoms with Gasteiger partial charge in [0.05, 0.1) is 7.11 Å². The molecule has 0 aliphatic rings. The van der Waals surface area contributed by atoms with Crippen LogP contribution in [0.2, 0.25) is 0 Å². The molecule has 1 aromatic carbocycles. The van der Waals surface area contributed by atoms with Crippen molar-refractivity contribution in [2.24, 2.45) is 0 Å². The van der Waals surface area contributed by atoms with Gasteiger partial charge in [0.2, 0.25) is 0 Å². The van der Waals surface area contributed by atoms with E-state index in [1.54, 1.807) is 7.11 Å². The molecule has 0 bridgehead atoms. The fraction of sp³-hybridized carbons (Fsp3) is 0.111. The number of hydrogen-bond donors (Lipinski definition) is 0. The van der Waals surface area contributed by atoms with E-state index in [0.717, 1.165) is 11.3 Å². The number of rotatable bonds is 1. The number of hydrogen-bond acceptors (Lipinski definition) is 1. The lowest BCUT2D eigenvalue weighted by Crippen LogP contribution is -1.81. The molecule has 0 saturated heterocycles. The molecule has 4 heteroatoms. The lowest BCUT2D eigenvalue weighted by molar-refractivity contribution is 0.415. The molecule has 1 nitrogen and oxygen atoms in total. The lowest BCUT2D eigenvalue weighted by atomic mass is 10.2. The van der Waals surface area contributed by atoms with Gasteiger partial charge in [0.15, 0.2) is 0 Å². The van der Waals surface area contributed by atoms with Gasteiger partial charge in [-0.05, 0) is 24.3 Å². The minimum Gasteiger partial charge on any atom is -0.497 e. The van der Waals surface area contributed by atoms with E-state index in [0.29, 0.717) is 0 Å². The summed E-state index contributed by atoms with van der Waals surface area (Å²) in [6.45, 7) is 0. The van der Waals surface area contributed by atoms with E-state index in [1.165, 1.54) is 0 Å². The Morgan fingerprint density at radius 3 is 2.08 bits per heavy atom. The molecule has 0 fully saturated rings. The van der Waals surface area contributed by atoms with Crippen molar-refractivity contribution in [1.29, 1.82) is 0 Å². The number of halogens is 2. The molecule has 0 amide bonds. The van der Waals surface area contributed by atoms with Gasteiger partial charge in [0.1, 0.15) is 5.75 Å². The van der Waals surface area contributed by atoms with Gasteiger partial charge in [-0.1, -0.05) is 5.92 Å². The Morgan fingerprint density at radius 1 is 1.31 bits per heavy atom. The van der Waals surface area contributed by atoms with Crippen LogP contribution in [-0.2, 0) is 0 Å². The predicted octanol–water partition coefficient (Wildman–Crippen LogP) is 2.99. The van der Waals surface area contributed by atoms with Crippen molar-refractivity contribution in [2.45, 2.75) is 0 Å². The van der Waals surface area contributed by atoms with Gasteiger partial charge in [-0.3, -0.25) is 25.8 Å². The zero-order valence-corrected chi connectivity index (χ0v) is 11.8. The molecule has 0 saturated carbocycles. The molecule has 0 unspecified atom stereocenters. The maximum absolute atomic E-state index is 5.15. The monoisotopic (exact) mass is 314 g/mol. The van der Waals surface area contributed by atoms with Crippen LogP contribution in [0.25, 0.3) is 0 Å². The topological polar surface area (TPSA) is 9.23 Å². The molecule has 0 atom stereocenters. The largest absolute Gasteiger partial charge is 0.560 e. The van der Waals surface area contributed by atoms with Crippen LogP contribution in [0.1, 0.15) is 5.56 Å². The van der Waals surface area contributed by atoms with Gasteiger partial charge < -0.3 is 4.74 Å². The SMILES string of the molecule is C#Cc1ccc(OC)cc1.[Br][Mg][Br]. The maximum Gasteiger partial charge on any atom is 0.560 e. The summed E-state index contributed by atoms with van der Waals surface area (Å²) in [5, 5.41) is 0. The van der Waals surface area contributed by atoms with E-state index in [9.17, 15) is 0 Å². The van der Waals surface area contributed by atoms with E-state index in [-0.39, 0.29) is 16.0 Å². The molecule has 0 spiro atoms. The molecule has 66 valence electrons. The van der Waals surface area contributed by atoms with Gasteiger partial charge in [0, 0.05) is 5.56 Å².